The van der Waals surface area contributed by atoms with Crippen LogP contribution in [0.4, 0.5) is 0 Å². The van der Waals surface area contributed by atoms with Gasteiger partial charge in [0.05, 0.1) is 24.7 Å². The lowest BCUT2D eigenvalue weighted by Crippen LogP contribution is -2.54. The van der Waals surface area contributed by atoms with Crippen LogP contribution < -0.4 is 38.1 Å². The summed E-state index contributed by atoms with van der Waals surface area (Å²) in [6.45, 7) is 1.66. The first kappa shape index (κ1) is 46.9. The van der Waals surface area contributed by atoms with Crippen molar-refractivity contribution in [1.29, 1.82) is 0 Å². The molecule has 0 radical (unpaired) electrons. The molecular weight excluding hydrogens is 710 g/mol. The van der Waals surface area contributed by atoms with Gasteiger partial charge in [0, 0.05) is 69.2 Å². The number of hydrogen-bond donors (Lipinski definition) is 11. The summed E-state index contributed by atoms with van der Waals surface area (Å²) in [6, 6.07) is -3.01. The Balaban J connectivity index is 1.89. The highest BCUT2D eigenvalue weighted by Crippen LogP contribution is 2.09. The van der Waals surface area contributed by atoms with Gasteiger partial charge in [0.2, 0.25) is 23.6 Å². The number of nitrogens with two attached hydrogens (primary N) is 2. The number of carbonyl (C=O) groups is 5. The van der Waals surface area contributed by atoms with E-state index in [9.17, 15) is 29.1 Å². The number of aromatic amines is 2. The fourth-order valence-electron chi connectivity index (χ4n) is 5.96. The number of ketones is 1. The van der Waals surface area contributed by atoms with Gasteiger partial charge in [-0.25, -0.2) is 9.97 Å². The maximum atomic E-state index is 13.4. The van der Waals surface area contributed by atoms with Gasteiger partial charge in [-0.2, -0.15) is 0 Å². The van der Waals surface area contributed by atoms with Crippen molar-refractivity contribution < 1.29 is 34.2 Å². The number of H-pyrrole nitrogens is 2. The summed E-state index contributed by atoms with van der Waals surface area (Å²) in [7, 11) is 0. The van der Waals surface area contributed by atoms with E-state index in [-0.39, 0.29) is 62.4 Å². The van der Waals surface area contributed by atoms with Crippen LogP contribution in [0.25, 0.3) is 0 Å². The zero-order valence-electron chi connectivity index (χ0n) is 32.2. The third-order valence-electron chi connectivity index (χ3n) is 9.09. The van der Waals surface area contributed by atoms with Crippen molar-refractivity contribution in [3.8, 4) is 0 Å². The largest absolute Gasteiger partial charge is 0.396 e. The minimum absolute atomic E-state index is 0.0810. The molecule has 2 aromatic heterocycles. The quantitative estimate of drug-likeness (QED) is 0.0405. The zero-order valence-corrected chi connectivity index (χ0v) is 32.2. The molecule has 2 rings (SSSR count). The number of Topliss-reactive ketones (excluding diaryl/α,β-unsaturated/α-hetero) is 1. The molecule has 0 aliphatic carbocycles. The molecule has 310 valence electrons. The van der Waals surface area contributed by atoms with E-state index >= 15 is 0 Å². The number of aliphatic hydroxyl groups excluding tert-OH is 2. The van der Waals surface area contributed by atoms with Gasteiger partial charge < -0.3 is 58.2 Å². The van der Waals surface area contributed by atoms with Gasteiger partial charge in [0.15, 0.2) is 5.78 Å². The van der Waals surface area contributed by atoms with Crippen molar-refractivity contribution in [2.75, 3.05) is 39.4 Å². The molecule has 55 heavy (non-hydrogen) atoms. The Bertz CT molecular complexity index is 1350. The highest BCUT2D eigenvalue weighted by atomic mass is 16.3. The van der Waals surface area contributed by atoms with Crippen LogP contribution in [0.15, 0.2) is 25.0 Å². The van der Waals surface area contributed by atoms with E-state index in [1.165, 1.54) is 6.33 Å². The summed E-state index contributed by atoms with van der Waals surface area (Å²) < 4.78 is 0. The third-order valence-corrected chi connectivity index (χ3v) is 9.09. The molecule has 0 bridgehead atoms. The maximum absolute atomic E-state index is 13.4. The number of amides is 4. The number of aliphatic hydroxyl groups is 2. The second-order valence-electron chi connectivity index (χ2n) is 13.7. The highest BCUT2D eigenvalue weighted by molar-refractivity contribution is 5.92. The first-order valence-electron chi connectivity index (χ1n) is 19.7. The zero-order chi connectivity index (χ0) is 40.1. The Morgan fingerprint density at radius 3 is 1.73 bits per heavy atom. The number of aromatic nitrogens is 4. The van der Waals surface area contributed by atoms with Crippen molar-refractivity contribution in [2.45, 2.75) is 127 Å². The first-order chi connectivity index (χ1) is 26.7. The Hall–Kier alpha value is -4.23. The van der Waals surface area contributed by atoms with E-state index in [4.69, 9.17) is 16.6 Å². The number of unbranched alkanes of at least 4 members (excludes halogenated alkanes) is 5. The predicted octanol–water partition coefficient (Wildman–Crippen LogP) is -0.621. The van der Waals surface area contributed by atoms with Gasteiger partial charge in [0.1, 0.15) is 12.1 Å². The molecule has 0 aliphatic rings. The van der Waals surface area contributed by atoms with Crippen LogP contribution >= 0.6 is 0 Å². The van der Waals surface area contributed by atoms with Crippen molar-refractivity contribution in [3.63, 3.8) is 0 Å². The van der Waals surface area contributed by atoms with E-state index in [1.807, 2.05) is 0 Å². The number of imidazole rings is 2. The lowest BCUT2D eigenvalue weighted by Gasteiger charge is -2.23. The van der Waals surface area contributed by atoms with Gasteiger partial charge in [0.25, 0.3) is 0 Å². The fraction of sp³-hybridized carbons (Fsp3) is 0.703. The normalized spacial score (nSPS) is 13.4. The molecule has 0 saturated heterocycles. The SMILES string of the molecule is NCCCC[C@H](NC(=O)[C@H](Cc1cnc[nH]1)NCCCCCCNC(=O)[C@H](Cc1cnc[nH]1)NC(=O)[C@H](CCCCN)NC(=O)CCCO)C(=O)CCCO. The lowest BCUT2D eigenvalue weighted by atomic mass is 10.0. The van der Waals surface area contributed by atoms with E-state index in [0.29, 0.717) is 83.2 Å². The molecule has 18 nitrogen and oxygen atoms in total. The second kappa shape index (κ2) is 29.1. The first-order valence-corrected chi connectivity index (χ1v) is 19.7. The van der Waals surface area contributed by atoms with E-state index in [0.717, 1.165) is 31.4 Å². The predicted molar refractivity (Wildman–Crippen MR) is 207 cm³/mol. The lowest BCUT2D eigenvalue weighted by molar-refractivity contribution is -0.132. The van der Waals surface area contributed by atoms with Crippen LogP contribution in [0, 0.1) is 0 Å². The van der Waals surface area contributed by atoms with Crippen molar-refractivity contribution in [1.82, 2.24) is 46.5 Å². The highest BCUT2D eigenvalue weighted by Gasteiger charge is 2.28. The maximum Gasteiger partial charge on any atom is 0.243 e. The molecule has 18 heteroatoms. The Kier molecular flexibility index (Phi) is 24.8. The minimum Gasteiger partial charge on any atom is -0.396 e. The second-order valence-corrected chi connectivity index (χ2v) is 13.7. The molecular formula is C37H65N11O7. The van der Waals surface area contributed by atoms with Crippen molar-refractivity contribution in [2.24, 2.45) is 11.5 Å². The van der Waals surface area contributed by atoms with E-state index < -0.39 is 30.1 Å². The standard InChI is InChI=1S/C37H65N11O7/c38-15-5-3-11-29(33(51)13-9-19-49)47-37(55)31(21-27-23-40-25-44-27)42-17-7-1-2-8-18-43-35(53)32(22-28-24-41-26-45-28)48-36(54)30(12-4-6-16-39)46-34(52)14-10-20-50/h23-26,29-32,42,49-50H,1-22,38-39H2,(H,40,44)(H,41,45)(H,43,53)(H,46,52)(H,47,55)(H,48,54)/t29-,30-,31-,32-/m0/s1. The topological polar surface area (TPSA) is 295 Å². The smallest absolute Gasteiger partial charge is 0.243 e. The van der Waals surface area contributed by atoms with Crippen molar-refractivity contribution >= 4 is 29.4 Å². The van der Waals surface area contributed by atoms with Crippen LogP contribution in [0.1, 0.15) is 101 Å². The van der Waals surface area contributed by atoms with Crippen LogP contribution in [-0.4, -0.2) is 123 Å². The summed E-state index contributed by atoms with van der Waals surface area (Å²) in [5.74, 6) is -1.58. The Morgan fingerprint density at radius 2 is 1.15 bits per heavy atom. The summed E-state index contributed by atoms with van der Waals surface area (Å²) in [5, 5.41) is 33.0. The molecule has 0 aromatic carbocycles. The molecule has 0 spiro atoms. The van der Waals surface area contributed by atoms with Crippen LogP contribution in [-0.2, 0) is 36.8 Å². The molecule has 0 fully saturated rings. The summed E-state index contributed by atoms with van der Waals surface area (Å²) in [4.78, 5) is 79.4. The average Bonchev–Trinajstić information content (AvgIpc) is 3.90. The molecule has 2 aromatic rings. The fourth-order valence-corrected chi connectivity index (χ4v) is 5.96. The summed E-state index contributed by atoms with van der Waals surface area (Å²) in [5.41, 5.74) is 12.7. The number of carbonyl (C=O) groups excluding carboxylic acids is 5. The number of rotatable bonds is 33. The molecule has 0 aliphatic heterocycles. The van der Waals surface area contributed by atoms with Gasteiger partial charge in [-0.05, 0) is 83.8 Å². The van der Waals surface area contributed by atoms with E-state index in [1.54, 1.807) is 18.7 Å². The van der Waals surface area contributed by atoms with E-state index in [2.05, 4.69) is 46.5 Å². The number of nitrogens with zero attached hydrogens (tertiary/aromatic N) is 2. The summed E-state index contributed by atoms with van der Waals surface area (Å²) >= 11 is 0. The minimum atomic E-state index is -0.910. The molecule has 2 heterocycles. The van der Waals surface area contributed by atoms with Crippen molar-refractivity contribution in [3.05, 3.63) is 36.4 Å². The monoisotopic (exact) mass is 776 g/mol. The molecule has 4 amide bonds. The third kappa shape index (κ3) is 20.3. The average molecular weight is 776 g/mol. The van der Waals surface area contributed by atoms with Gasteiger partial charge in [-0.15, -0.1) is 0 Å². The molecule has 13 N–H and O–H groups in total. The Labute approximate surface area is 323 Å². The molecule has 0 saturated carbocycles. The van der Waals surface area contributed by atoms with Crippen LogP contribution in [0.5, 0.6) is 0 Å². The number of nitrogens with one attached hydrogen (secondary N) is 7. The number of hydrogen-bond acceptors (Lipinski definition) is 12. The Morgan fingerprint density at radius 1 is 0.600 bits per heavy atom. The van der Waals surface area contributed by atoms with Crippen LogP contribution in [0.2, 0.25) is 0 Å². The summed E-state index contributed by atoms with van der Waals surface area (Å²) in [6.07, 6.45) is 14.4. The molecule has 4 atom stereocenters. The van der Waals surface area contributed by atoms with Gasteiger partial charge in [-0.3, -0.25) is 24.0 Å². The molecule has 0 unspecified atom stereocenters. The van der Waals surface area contributed by atoms with Gasteiger partial charge >= 0.3 is 0 Å². The van der Waals surface area contributed by atoms with Crippen LogP contribution in [0.3, 0.4) is 0 Å². The van der Waals surface area contributed by atoms with Gasteiger partial charge in [-0.1, -0.05) is 12.8 Å².